The minimum atomic E-state index is -4.67. The molecule has 0 aromatic heterocycles. The largest absolute Gasteiger partial charge is 0.412 e. The van der Waals surface area contributed by atoms with E-state index in [2.05, 4.69) is 0 Å². The van der Waals surface area contributed by atoms with Gasteiger partial charge in [0.15, 0.2) is 23.7 Å². The van der Waals surface area contributed by atoms with Gasteiger partial charge in [0.25, 0.3) is 0 Å². The van der Waals surface area contributed by atoms with Crippen LogP contribution < -0.4 is 10.1 Å². The van der Waals surface area contributed by atoms with E-state index in [1.54, 1.807) is 133 Å². The zero-order valence-corrected chi connectivity index (χ0v) is 30.6. The van der Waals surface area contributed by atoms with Crippen molar-refractivity contribution in [3.05, 3.63) is 204 Å². The zero-order valence-electron chi connectivity index (χ0n) is 30.6. The lowest BCUT2D eigenvalue weighted by molar-refractivity contribution is -0.157. The smallest absolute Gasteiger partial charge is 0.294 e. The molecule has 0 N–H and O–H groups in total. The quantitative estimate of drug-likeness (QED) is 0.113. The zero-order chi connectivity index (χ0) is 40.9. The maximum absolute atomic E-state index is 14.2. The summed E-state index contributed by atoms with van der Waals surface area (Å²) in [5.41, 5.74) is 2.00. The summed E-state index contributed by atoms with van der Waals surface area (Å²) in [5, 5.41) is 1.67. The third-order valence-electron chi connectivity index (χ3n) is 9.96. The van der Waals surface area contributed by atoms with Gasteiger partial charge in [0.1, 0.15) is 12.2 Å². The van der Waals surface area contributed by atoms with Gasteiger partial charge < -0.3 is 0 Å². The molecule has 2 fully saturated rings. The van der Waals surface area contributed by atoms with Crippen LogP contribution in [0.15, 0.2) is 182 Å². The molecule has 0 aliphatic carbocycles. The second-order valence-electron chi connectivity index (χ2n) is 13.7. The number of alkyl halides is 6. The number of carbonyl (C=O) groups is 2. The molecule has 2 heterocycles. The Labute approximate surface area is 330 Å². The number of ketones is 2. The predicted octanol–water partition coefficient (Wildman–Crippen LogP) is 11.2. The van der Waals surface area contributed by atoms with Crippen molar-refractivity contribution < 1.29 is 45.6 Å². The van der Waals surface area contributed by atoms with Gasteiger partial charge in [-0.2, -0.15) is 26.3 Å². The number of Topliss-reactive ketones (excluding diaryl/α,β-unsaturated/α-hetero) is 2. The van der Waals surface area contributed by atoms with Gasteiger partial charge in [0.05, 0.1) is 23.2 Å². The van der Waals surface area contributed by atoms with Crippen LogP contribution in [0, 0.1) is 11.8 Å². The van der Waals surface area contributed by atoms with E-state index in [0.29, 0.717) is 11.1 Å². The maximum Gasteiger partial charge on any atom is 0.412 e. The second kappa shape index (κ2) is 17.1. The van der Waals surface area contributed by atoms with Gasteiger partial charge in [0, 0.05) is 11.1 Å². The van der Waals surface area contributed by atoms with Crippen molar-refractivity contribution in [2.45, 2.75) is 36.6 Å². The number of carbonyl (C=O) groups excluding carboxylic acids is 2. The second-order valence-corrected chi connectivity index (χ2v) is 13.7. The Morgan fingerprint density at radius 3 is 0.931 bits per heavy atom. The van der Waals surface area contributed by atoms with Gasteiger partial charge in [0.2, 0.25) is 0 Å². The Hall–Kier alpha value is -6.24. The van der Waals surface area contributed by atoms with E-state index in [4.69, 9.17) is 9.68 Å². The summed E-state index contributed by atoms with van der Waals surface area (Å²) in [4.78, 5) is 38.2. The molecule has 58 heavy (non-hydrogen) atoms. The topological polar surface area (TPSA) is 59.1 Å². The van der Waals surface area contributed by atoms with Crippen molar-refractivity contribution in [2.75, 3.05) is 10.1 Å². The Morgan fingerprint density at radius 1 is 0.397 bits per heavy atom. The molecule has 6 aromatic carbocycles. The highest BCUT2D eigenvalue weighted by Gasteiger charge is 2.61. The summed E-state index contributed by atoms with van der Waals surface area (Å²) in [6, 6.07) is 45.1. The first-order chi connectivity index (χ1) is 27.9. The monoisotopic (exact) mass is 794 g/mol. The van der Waals surface area contributed by atoms with Crippen LogP contribution in [0.1, 0.15) is 44.1 Å². The fourth-order valence-electron chi connectivity index (χ4n) is 7.37. The van der Waals surface area contributed by atoms with E-state index in [-0.39, 0.29) is 22.5 Å². The minimum absolute atomic E-state index is 0.228. The fraction of sp³-hybridized carbons (Fsp3) is 0.174. The molecule has 8 rings (SSSR count). The number of rotatable bonds is 8. The first-order valence-corrected chi connectivity index (χ1v) is 18.4. The molecule has 0 saturated carbocycles. The van der Waals surface area contributed by atoms with Crippen LogP contribution in [0.3, 0.4) is 0 Å². The van der Waals surface area contributed by atoms with Gasteiger partial charge in [-0.05, 0) is 35.4 Å². The van der Waals surface area contributed by atoms with Crippen molar-refractivity contribution in [1.29, 1.82) is 0 Å². The van der Waals surface area contributed by atoms with Crippen molar-refractivity contribution in [3.8, 4) is 0 Å². The fourth-order valence-corrected chi connectivity index (χ4v) is 7.37. The first kappa shape index (κ1) is 40.0. The average molecular weight is 795 g/mol. The molecule has 0 spiro atoms. The average Bonchev–Trinajstić information content (AvgIpc) is 3.87. The molecule has 6 nitrogen and oxygen atoms in total. The van der Waals surface area contributed by atoms with Crippen molar-refractivity contribution >= 4 is 22.9 Å². The number of hydrogen-bond acceptors (Lipinski definition) is 6. The first-order valence-electron chi connectivity index (χ1n) is 18.4. The van der Waals surface area contributed by atoms with Gasteiger partial charge in [-0.25, -0.2) is 10.1 Å². The minimum Gasteiger partial charge on any atom is -0.294 e. The lowest BCUT2D eigenvalue weighted by Gasteiger charge is -2.28. The van der Waals surface area contributed by atoms with E-state index in [9.17, 15) is 35.9 Å². The molecule has 0 bridgehead atoms. The van der Waals surface area contributed by atoms with Gasteiger partial charge in [-0.1, -0.05) is 158 Å². The highest BCUT2D eigenvalue weighted by atomic mass is 19.4. The molecule has 6 atom stereocenters. The standard InChI is InChI=1S/2C23H18F3NO2/c2*24-23(25,26)22-19(20(28)16-10-4-1-5-11-16)21(17-12-6-2-7-13-17)29-27(22)18-14-8-3-9-15-18/h2*1-15,19,21-22H/t2*19-,21-,22-/m00/s1. The Morgan fingerprint density at radius 2 is 0.655 bits per heavy atom. The summed E-state index contributed by atoms with van der Waals surface area (Å²) in [7, 11) is 0. The lowest BCUT2D eigenvalue weighted by atomic mass is 9.83. The molecule has 2 saturated heterocycles. The van der Waals surface area contributed by atoms with E-state index < -0.39 is 60.0 Å². The van der Waals surface area contributed by atoms with E-state index >= 15 is 0 Å². The van der Waals surface area contributed by atoms with Crippen LogP contribution in [0.2, 0.25) is 0 Å². The van der Waals surface area contributed by atoms with Crippen LogP contribution in [0.25, 0.3) is 0 Å². The number of benzene rings is 6. The Kier molecular flexibility index (Phi) is 11.8. The number of anilines is 2. The Balaban J connectivity index is 0.000000177. The summed E-state index contributed by atoms with van der Waals surface area (Å²) in [6.07, 6.45) is -11.5. The normalized spacial score (nSPS) is 21.9. The number of hydroxylamine groups is 2. The summed E-state index contributed by atoms with van der Waals surface area (Å²) in [6.45, 7) is 0. The summed E-state index contributed by atoms with van der Waals surface area (Å²) < 4.78 is 85.4. The maximum atomic E-state index is 14.2. The van der Waals surface area contributed by atoms with Crippen molar-refractivity contribution in [2.24, 2.45) is 11.8 Å². The van der Waals surface area contributed by atoms with E-state index in [1.807, 2.05) is 0 Å². The third kappa shape index (κ3) is 8.53. The SMILES string of the molecule is O=C(c1ccccc1)[C@@H]1[C@@H](C(F)(F)F)N(c2ccccc2)O[C@H]1c1ccccc1.O=C(c1ccccc1)[C@@H]1[C@@H](C(F)(F)F)N(c2ccccc2)O[C@H]1c1ccccc1. The van der Waals surface area contributed by atoms with Crippen LogP contribution in [-0.4, -0.2) is 36.0 Å². The van der Waals surface area contributed by atoms with Gasteiger partial charge in [-0.15, -0.1) is 0 Å². The predicted molar refractivity (Wildman–Crippen MR) is 207 cm³/mol. The number of hydrogen-bond donors (Lipinski definition) is 0. The van der Waals surface area contributed by atoms with E-state index in [1.165, 1.54) is 48.5 Å². The highest BCUT2D eigenvalue weighted by molar-refractivity contribution is 6.00. The number of halogens is 6. The van der Waals surface area contributed by atoms with Crippen molar-refractivity contribution in [1.82, 2.24) is 0 Å². The molecular weight excluding hydrogens is 759 g/mol. The van der Waals surface area contributed by atoms with Crippen LogP contribution in [-0.2, 0) is 9.68 Å². The molecule has 296 valence electrons. The Bertz CT molecular complexity index is 2090. The third-order valence-corrected chi connectivity index (χ3v) is 9.96. The van der Waals surface area contributed by atoms with Crippen LogP contribution in [0.5, 0.6) is 0 Å². The van der Waals surface area contributed by atoms with Crippen molar-refractivity contribution in [3.63, 3.8) is 0 Å². The van der Waals surface area contributed by atoms with Crippen LogP contribution in [0.4, 0.5) is 37.7 Å². The molecule has 6 aromatic rings. The van der Waals surface area contributed by atoms with E-state index in [0.717, 1.165) is 10.1 Å². The van der Waals surface area contributed by atoms with Crippen LogP contribution >= 0.6 is 0 Å². The molecule has 0 amide bonds. The lowest BCUT2D eigenvalue weighted by Crippen LogP contribution is -2.47. The molecule has 2 aliphatic heterocycles. The summed E-state index contributed by atoms with van der Waals surface area (Å²) >= 11 is 0. The molecule has 2 aliphatic rings. The number of nitrogens with zero attached hydrogens (tertiary/aromatic N) is 2. The van der Waals surface area contributed by atoms with Gasteiger partial charge in [-0.3, -0.25) is 19.3 Å². The molecule has 12 heteroatoms. The molecule has 0 radical (unpaired) electrons. The highest BCUT2D eigenvalue weighted by Crippen LogP contribution is 2.50. The van der Waals surface area contributed by atoms with Gasteiger partial charge >= 0.3 is 12.4 Å². The molecular formula is C46H36F6N2O4. The summed E-state index contributed by atoms with van der Waals surface area (Å²) in [5.74, 6) is -4.08. The molecule has 0 unspecified atom stereocenters. The number of para-hydroxylation sites is 2.